The summed E-state index contributed by atoms with van der Waals surface area (Å²) >= 11 is 0. The van der Waals surface area contributed by atoms with Crippen molar-refractivity contribution in [3.63, 3.8) is 0 Å². The van der Waals surface area contributed by atoms with Gasteiger partial charge in [0, 0.05) is 25.8 Å². The summed E-state index contributed by atoms with van der Waals surface area (Å²) in [7, 11) is 0. The predicted octanol–water partition coefficient (Wildman–Crippen LogP) is 1.67. The van der Waals surface area contributed by atoms with E-state index in [1.807, 2.05) is 12.2 Å². The van der Waals surface area contributed by atoms with Gasteiger partial charge in [-0.3, -0.25) is 9.80 Å². The molecule has 5 rings (SSSR count). The lowest BCUT2D eigenvalue weighted by molar-refractivity contribution is -0.138. The predicted molar refractivity (Wildman–Crippen MR) is 118 cm³/mol. The Balaban J connectivity index is 1.34. The molecule has 11 heteroatoms. The van der Waals surface area contributed by atoms with Crippen LogP contribution in [0.3, 0.4) is 0 Å². The minimum atomic E-state index is -4.48. The molecule has 1 aromatic rings. The highest BCUT2D eigenvalue weighted by Crippen LogP contribution is 2.36. The molecule has 1 saturated heterocycles. The number of alkyl halides is 3. The Morgan fingerprint density at radius 3 is 2.74 bits per heavy atom. The van der Waals surface area contributed by atoms with Gasteiger partial charge in [-0.05, 0) is 23.8 Å². The summed E-state index contributed by atoms with van der Waals surface area (Å²) in [4.78, 5) is 15.3. The number of benzene rings is 1. The van der Waals surface area contributed by atoms with Crippen LogP contribution in [0.4, 0.5) is 13.2 Å². The van der Waals surface area contributed by atoms with E-state index in [4.69, 9.17) is 4.74 Å². The summed E-state index contributed by atoms with van der Waals surface area (Å²) in [6.07, 6.45) is 3.87. The zero-order chi connectivity index (χ0) is 23.7. The number of rotatable bonds is 4. The lowest BCUT2D eigenvalue weighted by Crippen LogP contribution is -2.51. The molecule has 2 atom stereocenters. The number of nitrogens with zero attached hydrogens (tertiary/aromatic N) is 2. The van der Waals surface area contributed by atoms with Gasteiger partial charge in [-0.15, -0.1) is 0 Å². The fourth-order valence-electron chi connectivity index (χ4n) is 4.40. The highest BCUT2D eigenvalue weighted by molar-refractivity contribution is 5.94. The third-order valence-corrected chi connectivity index (χ3v) is 6.03. The molecule has 4 aliphatic rings. The molecule has 0 aliphatic carbocycles. The standard InChI is InChI=1S/C23H25F3N6O2/c24-23(25,26)16-5-2-1-4-15(16)17-7-8-20-28-14-19(32(20)30-17)22(33)29-18-6-3-9-27-21(18)31-10-12-34-13-11-31/h1-8,14,17,20,27-28,30H,9-13H2,(H,29,33). The number of fused-ring (bicyclic) bond motifs is 1. The first-order valence-corrected chi connectivity index (χ1v) is 11.1. The van der Waals surface area contributed by atoms with Crippen molar-refractivity contribution < 1.29 is 22.7 Å². The minimum absolute atomic E-state index is 0.0908. The number of carbonyl (C=O) groups is 1. The Morgan fingerprint density at radius 2 is 1.94 bits per heavy atom. The van der Waals surface area contributed by atoms with E-state index in [1.54, 1.807) is 29.4 Å². The van der Waals surface area contributed by atoms with Gasteiger partial charge in [-0.25, -0.2) is 5.43 Å². The van der Waals surface area contributed by atoms with Gasteiger partial charge in [0.15, 0.2) is 0 Å². The van der Waals surface area contributed by atoms with Crippen molar-refractivity contribution in [2.24, 2.45) is 0 Å². The number of amides is 1. The molecule has 180 valence electrons. The van der Waals surface area contributed by atoms with Gasteiger partial charge in [0.1, 0.15) is 17.7 Å². The van der Waals surface area contributed by atoms with E-state index in [0.29, 0.717) is 38.5 Å². The Bertz CT molecular complexity index is 1070. The van der Waals surface area contributed by atoms with Crippen LogP contribution < -0.4 is 21.4 Å². The summed E-state index contributed by atoms with van der Waals surface area (Å²) in [5.41, 5.74) is 3.35. The number of halogens is 3. The molecule has 4 aliphatic heterocycles. The van der Waals surface area contributed by atoms with Gasteiger partial charge in [-0.2, -0.15) is 13.2 Å². The van der Waals surface area contributed by atoms with E-state index in [0.717, 1.165) is 11.9 Å². The molecule has 1 aromatic carbocycles. The topological polar surface area (TPSA) is 80.9 Å². The van der Waals surface area contributed by atoms with Gasteiger partial charge < -0.3 is 25.6 Å². The molecule has 2 unspecified atom stereocenters. The highest BCUT2D eigenvalue weighted by Gasteiger charge is 2.38. The molecule has 8 nitrogen and oxygen atoms in total. The molecule has 34 heavy (non-hydrogen) atoms. The summed E-state index contributed by atoms with van der Waals surface area (Å²) in [6.45, 7) is 3.29. The monoisotopic (exact) mass is 474 g/mol. The van der Waals surface area contributed by atoms with Gasteiger partial charge in [-0.1, -0.05) is 30.4 Å². The second-order valence-electron chi connectivity index (χ2n) is 8.19. The fraction of sp³-hybridized carbons (Fsp3) is 0.348. The number of dihydropyridines is 1. The highest BCUT2D eigenvalue weighted by atomic mass is 19.4. The third-order valence-electron chi connectivity index (χ3n) is 6.03. The SMILES string of the molecule is O=C(NC1=C(N2CCOCC2)NCC=C1)C1=CNC2C=CC(c3ccccc3C(F)(F)F)NN12. The molecule has 0 radical (unpaired) electrons. The van der Waals surface area contributed by atoms with Gasteiger partial charge in [0.2, 0.25) is 0 Å². The molecular formula is C23H25F3N6O2. The maximum Gasteiger partial charge on any atom is 0.416 e. The van der Waals surface area contributed by atoms with E-state index in [9.17, 15) is 18.0 Å². The van der Waals surface area contributed by atoms with Crippen LogP contribution in [-0.2, 0) is 15.7 Å². The van der Waals surface area contributed by atoms with Crippen molar-refractivity contribution in [1.29, 1.82) is 0 Å². The van der Waals surface area contributed by atoms with Gasteiger partial charge in [0.05, 0.1) is 30.5 Å². The molecule has 4 heterocycles. The first-order valence-electron chi connectivity index (χ1n) is 11.1. The van der Waals surface area contributed by atoms with Crippen LogP contribution in [0.25, 0.3) is 0 Å². The lowest BCUT2D eigenvalue weighted by atomic mass is 9.99. The average molecular weight is 474 g/mol. The Labute approximate surface area is 194 Å². The molecule has 4 N–H and O–H groups in total. The quantitative estimate of drug-likeness (QED) is 0.495. The largest absolute Gasteiger partial charge is 0.416 e. The molecule has 1 amide bonds. The van der Waals surface area contributed by atoms with Crippen molar-refractivity contribution in [3.05, 3.63) is 83.1 Å². The van der Waals surface area contributed by atoms with Crippen LogP contribution >= 0.6 is 0 Å². The number of hydrazine groups is 1. The first-order chi connectivity index (χ1) is 16.4. The van der Waals surface area contributed by atoms with Crippen LogP contribution in [0, 0.1) is 0 Å². The zero-order valence-electron chi connectivity index (χ0n) is 18.2. The maximum atomic E-state index is 13.5. The summed E-state index contributed by atoms with van der Waals surface area (Å²) in [6, 6.07) is 4.69. The van der Waals surface area contributed by atoms with E-state index in [1.165, 1.54) is 12.1 Å². The number of hydrogen-bond donors (Lipinski definition) is 4. The van der Waals surface area contributed by atoms with Crippen molar-refractivity contribution in [3.8, 4) is 0 Å². The molecule has 0 saturated carbocycles. The second-order valence-corrected chi connectivity index (χ2v) is 8.19. The lowest BCUT2D eigenvalue weighted by Gasteiger charge is -2.36. The van der Waals surface area contributed by atoms with Crippen LogP contribution in [0.1, 0.15) is 17.2 Å². The maximum absolute atomic E-state index is 13.5. The molecule has 0 aromatic heterocycles. The number of hydrogen-bond acceptors (Lipinski definition) is 7. The van der Waals surface area contributed by atoms with Gasteiger partial charge >= 0.3 is 6.18 Å². The zero-order valence-corrected chi connectivity index (χ0v) is 18.2. The van der Waals surface area contributed by atoms with Gasteiger partial charge in [0.25, 0.3) is 5.91 Å². The number of carbonyl (C=O) groups excluding carboxylic acids is 1. The van der Waals surface area contributed by atoms with E-state index >= 15 is 0 Å². The summed E-state index contributed by atoms with van der Waals surface area (Å²) < 4.78 is 46.0. The number of allylic oxidation sites excluding steroid dienone is 1. The van der Waals surface area contributed by atoms with Crippen LogP contribution in [0.2, 0.25) is 0 Å². The molecule has 0 spiro atoms. The van der Waals surface area contributed by atoms with E-state index < -0.39 is 17.8 Å². The summed E-state index contributed by atoms with van der Waals surface area (Å²) in [5.74, 6) is 0.445. The van der Waals surface area contributed by atoms with Crippen molar-refractivity contribution in [2.75, 3.05) is 32.8 Å². The van der Waals surface area contributed by atoms with Crippen LogP contribution in [0.5, 0.6) is 0 Å². The molecule has 1 fully saturated rings. The Morgan fingerprint density at radius 1 is 1.15 bits per heavy atom. The van der Waals surface area contributed by atoms with Crippen molar-refractivity contribution in [1.82, 2.24) is 31.3 Å². The normalized spacial score (nSPS) is 24.4. The van der Waals surface area contributed by atoms with Crippen LogP contribution in [-0.4, -0.2) is 54.8 Å². The second kappa shape index (κ2) is 9.07. The number of ether oxygens (including phenoxy) is 1. The van der Waals surface area contributed by atoms with Crippen molar-refractivity contribution in [2.45, 2.75) is 18.4 Å². The number of nitrogens with one attached hydrogen (secondary N) is 4. The average Bonchev–Trinajstić information content (AvgIpc) is 3.28. The smallest absolute Gasteiger partial charge is 0.378 e. The Hall–Kier alpha value is -3.44. The van der Waals surface area contributed by atoms with Crippen LogP contribution in [0.15, 0.2) is 72.0 Å². The first kappa shape index (κ1) is 22.4. The molecular weight excluding hydrogens is 449 g/mol. The van der Waals surface area contributed by atoms with Crippen molar-refractivity contribution >= 4 is 5.91 Å². The number of morpholine rings is 1. The third kappa shape index (κ3) is 4.36. The van der Waals surface area contributed by atoms with E-state index in [-0.39, 0.29) is 23.3 Å². The summed E-state index contributed by atoms with van der Waals surface area (Å²) in [5, 5.41) is 10.9. The van der Waals surface area contributed by atoms with E-state index in [2.05, 4.69) is 26.3 Å². The molecule has 0 bridgehead atoms. The Kier molecular flexibility index (Phi) is 5.96. The fourth-order valence-corrected chi connectivity index (χ4v) is 4.40. The minimum Gasteiger partial charge on any atom is -0.378 e.